The second kappa shape index (κ2) is 10.2. The summed E-state index contributed by atoms with van der Waals surface area (Å²) < 4.78 is 0. The first-order valence-corrected chi connectivity index (χ1v) is 11.6. The van der Waals surface area contributed by atoms with Crippen LogP contribution in [0.3, 0.4) is 0 Å². The molecule has 0 aliphatic carbocycles. The van der Waals surface area contributed by atoms with Crippen molar-refractivity contribution in [3.05, 3.63) is 54.1 Å². The lowest BCUT2D eigenvalue weighted by Crippen LogP contribution is -2.32. The molecule has 1 atom stereocenters. The predicted molar refractivity (Wildman–Crippen MR) is 123 cm³/mol. The molecule has 0 aromatic heterocycles. The van der Waals surface area contributed by atoms with Gasteiger partial charge in [0.1, 0.15) is 5.50 Å². The minimum absolute atomic E-state index is 0.252. The molecule has 27 heavy (non-hydrogen) atoms. The van der Waals surface area contributed by atoms with E-state index >= 15 is 0 Å². The van der Waals surface area contributed by atoms with Crippen LogP contribution in [0.25, 0.3) is 0 Å². The molecule has 2 aromatic rings. The monoisotopic (exact) mass is 399 g/mol. The van der Waals surface area contributed by atoms with E-state index in [9.17, 15) is 0 Å². The Morgan fingerprint density at radius 3 is 2.85 bits per heavy atom. The van der Waals surface area contributed by atoms with E-state index < -0.39 is 0 Å². The smallest absolute Gasteiger partial charge is 0.130 e. The van der Waals surface area contributed by atoms with Crippen LogP contribution in [0.2, 0.25) is 0 Å². The lowest BCUT2D eigenvalue weighted by Gasteiger charge is -2.13. The summed E-state index contributed by atoms with van der Waals surface area (Å²) in [5, 5.41) is 8.36. The van der Waals surface area contributed by atoms with Crippen LogP contribution in [0, 0.1) is 5.92 Å². The summed E-state index contributed by atoms with van der Waals surface area (Å²) >= 11 is 3.71. The molecule has 1 aliphatic rings. The van der Waals surface area contributed by atoms with E-state index in [1.165, 1.54) is 21.2 Å². The molecule has 1 unspecified atom stereocenters. The molecule has 0 bridgehead atoms. The molecule has 0 spiro atoms. The molecule has 3 rings (SSSR count). The summed E-state index contributed by atoms with van der Waals surface area (Å²) in [4.78, 5) is 6.22. The zero-order chi connectivity index (χ0) is 19.1. The second-order valence-electron chi connectivity index (χ2n) is 7.05. The first-order valence-electron chi connectivity index (χ1n) is 9.69. The Morgan fingerprint density at radius 2 is 2.07 bits per heavy atom. The first kappa shape index (κ1) is 20.3. The molecule has 3 nitrogen and oxygen atoms in total. The molecule has 1 heterocycles. The van der Waals surface area contributed by atoms with Crippen molar-refractivity contribution in [2.75, 3.05) is 17.6 Å². The quantitative estimate of drug-likeness (QED) is 0.412. The van der Waals surface area contributed by atoms with Gasteiger partial charge in [0.25, 0.3) is 0 Å². The number of nitrogens with zero attached hydrogens (tertiary/aromatic N) is 1. The van der Waals surface area contributed by atoms with Crippen molar-refractivity contribution in [2.45, 2.75) is 44.0 Å². The van der Waals surface area contributed by atoms with Crippen molar-refractivity contribution in [1.82, 2.24) is 5.32 Å². The topological polar surface area (TPSA) is 36.4 Å². The van der Waals surface area contributed by atoms with Crippen molar-refractivity contribution in [1.29, 1.82) is 0 Å². The maximum absolute atomic E-state index is 4.90. The highest BCUT2D eigenvalue weighted by atomic mass is 32.2. The zero-order valence-corrected chi connectivity index (χ0v) is 18.0. The summed E-state index contributed by atoms with van der Waals surface area (Å²) in [6.07, 6.45) is 2.05. The van der Waals surface area contributed by atoms with Crippen LogP contribution in [0.15, 0.2) is 58.4 Å². The van der Waals surface area contributed by atoms with E-state index in [0.29, 0.717) is 5.92 Å². The third kappa shape index (κ3) is 6.30. The van der Waals surface area contributed by atoms with Gasteiger partial charge in [-0.1, -0.05) is 56.8 Å². The summed E-state index contributed by atoms with van der Waals surface area (Å²) in [5.41, 5.74) is 3.88. The number of thioether (sulfide) groups is 2. The Bertz CT molecular complexity index is 749. The van der Waals surface area contributed by atoms with Crippen LogP contribution in [0.1, 0.15) is 32.8 Å². The Balaban J connectivity index is 1.53. The number of fused-ring (bicyclic) bond motifs is 1. The van der Waals surface area contributed by atoms with Gasteiger partial charge in [-0.3, -0.25) is 5.32 Å². The second-order valence-corrected chi connectivity index (χ2v) is 9.53. The van der Waals surface area contributed by atoms with Gasteiger partial charge in [0.05, 0.1) is 10.7 Å². The highest BCUT2D eigenvalue weighted by Gasteiger charge is 2.19. The molecule has 0 saturated carbocycles. The van der Waals surface area contributed by atoms with Gasteiger partial charge in [-0.05, 0) is 54.3 Å². The molecule has 0 radical (unpaired) electrons. The van der Waals surface area contributed by atoms with Crippen molar-refractivity contribution in [3.8, 4) is 0 Å². The van der Waals surface area contributed by atoms with Crippen molar-refractivity contribution in [3.63, 3.8) is 0 Å². The number of hydrogen-bond donors (Lipinski definition) is 2. The lowest BCUT2D eigenvalue weighted by atomic mass is 10.1. The van der Waals surface area contributed by atoms with Gasteiger partial charge in [-0.25, -0.2) is 4.99 Å². The average molecular weight is 400 g/mol. The Hall–Kier alpha value is -1.43. The van der Waals surface area contributed by atoms with E-state index in [0.717, 1.165) is 30.8 Å². The largest absolute Gasteiger partial charge is 0.360 e. The lowest BCUT2D eigenvalue weighted by molar-refractivity contribution is 0.688. The fraction of sp³-hybridized carbons (Fsp3) is 0.409. The molecule has 0 saturated heterocycles. The van der Waals surface area contributed by atoms with Crippen LogP contribution in [0.5, 0.6) is 0 Å². The van der Waals surface area contributed by atoms with E-state index in [-0.39, 0.29) is 5.50 Å². The Morgan fingerprint density at radius 1 is 1.22 bits per heavy atom. The molecule has 2 N–H and O–H groups in total. The number of benzene rings is 2. The molecule has 5 heteroatoms. The van der Waals surface area contributed by atoms with Gasteiger partial charge in [-0.15, -0.1) is 11.8 Å². The van der Waals surface area contributed by atoms with E-state index in [1.54, 1.807) is 0 Å². The third-order valence-corrected chi connectivity index (χ3v) is 6.23. The van der Waals surface area contributed by atoms with Crippen molar-refractivity contribution >= 4 is 39.9 Å². The molecule has 2 aromatic carbocycles. The van der Waals surface area contributed by atoms with Crippen molar-refractivity contribution < 1.29 is 0 Å². The van der Waals surface area contributed by atoms with E-state index in [1.807, 2.05) is 23.5 Å². The summed E-state index contributed by atoms with van der Waals surface area (Å²) in [6.45, 7) is 7.63. The van der Waals surface area contributed by atoms with Crippen LogP contribution in [0.4, 0.5) is 11.4 Å². The molecule has 0 fully saturated rings. The van der Waals surface area contributed by atoms with Gasteiger partial charge >= 0.3 is 0 Å². The Kier molecular flexibility index (Phi) is 7.68. The molecule has 1 aliphatic heterocycles. The number of rotatable bonds is 8. The van der Waals surface area contributed by atoms with Crippen LogP contribution in [-0.4, -0.2) is 22.8 Å². The van der Waals surface area contributed by atoms with Crippen LogP contribution in [-0.2, 0) is 6.42 Å². The maximum Gasteiger partial charge on any atom is 0.130 e. The van der Waals surface area contributed by atoms with Gasteiger partial charge in [0.15, 0.2) is 0 Å². The van der Waals surface area contributed by atoms with Gasteiger partial charge in [-0.2, -0.15) is 0 Å². The highest BCUT2D eigenvalue weighted by molar-refractivity contribution is 8.13. The van der Waals surface area contributed by atoms with Gasteiger partial charge in [0.2, 0.25) is 0 Å². The molecule has 144 valence electrons. The third-order valence-electron chi connectivity index (χ3n) is 4.22. The van der Waals surface area contributed by atoms with Crippen molar-refractivity contribution in [2.24, 2.45) is 10.9 Å². The normalized spacial score (nSPS) is 16.4. The maximum atomic E-state index is 4.90. The van der Waals surface area contributed by atoms with Gasteiger partial charge in [0, 0.05) is 17.1 Å². The average Bonchev–Trinajstić information content (AvgIpc) is 3.04. The molecule has 0 amide bonds. The van der Waals surface area contributed by atoms with E-state index in [4.69, 9.17) is 4.99 Å². The Labute approximate surface area is 171 Å². The number of aliphatic imine (C=N–C) groups is 1. The summed E-state index contributed by atoms with van der Waals surface area (Å²) in [6, 6.07) is 17.1. The molecular weight excluding hydrogens is 370 g/mol. The minimum Gasteiger partial charge on any atom is -0.360 e. The van der Waals surface area contributed by atoms with E-state index in [2.05, 4.69) is 79.9 Å². The fourth-order valence-corrected chi connectivity index (χ4v) is 5.01. The SMILES string of the molecule is CCSC(CC(C)C)=Nc1cccc(CCNC2Nc3ccccc3S2)c1. The first-order chi connectivity index (χ1) is 13.1. The summed E-state index contributed by atoms with van der Waals surface area (Å²) in [7, 11) is 0. The highest BCUT2D eigenvalue weighted by Crippen LogP contribution is 2.36. The zero-order valence-electron chi connectivity index (χ0n) is 16.4. The standard InChI is InChI=1S/C22H29N3S2/c1-4-26-21(14-16(2)3)24-18-9-7-8-17(15-18)12-13-23-22-25-19-10-5-6-11-20(19)27-22/h5-11,15-16,22-23,25H,4,12-14H2,1-3H3. The summed E-state index contributed by atoms with van der Waals surface area (Å²) in [5.74, 6) is 1.71. The molecular formula is C22H29N3S2. The number of hydrogen-bond acceptors (Lipinski definition) is 5. The van der Waals surface area contributed by atoms with Gasteiger partial charge < -0.3 is 5.32 Å². The van der Waals surface area contributed by atoms with Crippen LogP contribution >= 0.6 is 23.5 Å². The minimum atomic E-state index is 0.252. The number of para-hydroxylation sites is 1. The van der Waals surface area contributed by atoms with Crippen LogP contribution < -0.4 is 10.6 Å². The number of anilines is 1. The fourth-order valence-electron chi connectivity index (χ4n) is 3.00. The predicted octanol–water partition coefficient (Wildman–Crippen LogP) is 6.15. The number of nitrogens with one attached hydrogen (secondary N) is 2.